The summed E-state index contributed by atoms with van der Waals surface area (Å²) in [7, 11) is -1.62. The maximum Gasteiger partial charge on any atom is 0.407 e. The molecule has 2 rings (SSSR count). The van der Waals surface area contributed by atoms with Gasteiger partial charge in [0.2, 0.25) is 0 Å². The van der Waals surface area contributed by atoms with Crippen molar-refractivity contribution in [1.29, 1.82) is 0 Å². The second kappa shape index (κ2) is 7.81. The third-order valence-electron chi connectivity index (χ3n) is 3.45. The van der Waals surface area contributed by atoms with E-state index in [1.807, 2.05) is 6.92 Å². The fraction of sp³-hybridized carbons (Fsp3) is 0.176. The van der Waals surface area contributed by atoms with Crippen LogP contribution in [0.2, 0.25) is 0 Å². The summed E-state index contributed by atoms with van der Waals surface area (Å²) in [6.07, 6.45) is -3.61. The molecule has 0 saturated heterocycles. The minimum absolute atomic E-state index is 0.228. The first-order valence-corrected chi connectivity index (χ1v) is 8.52. The highest BCUT2D eigenvalue weighted by Gasteiger charge is 2.35. The maximum atomic E-state index is 12.8. The number of alkyl halides is 3. The molecule has 0 aliphatic heterocycles. The molecule has 2 unspecified atom stereocenters. The van der Waals surface area contributed by atoms with Crippen molar-refractivity contribution in [2.45, 2.75) is 24.0 Å². The van der Waals surface area contributed by atoms with Crippen LogP contribution in [0.3, 0.4) is 0 Å². The number of nitrogens with one attached hydrogen (secondary N) is 1. The Labute approximate surface area is 146 Å². The summed E-state index contributed by atoms with van der Waals surface area (Å²) in [6.45, 7) is 1.88. The molecule has 8 heteroatoms. The van der Waals surface area contributed by atoms with E-state index in [4.69, 9.17) is 10.9 Å². The summed E-state index contributed by atoms with van der Waals surface area (Å²) in [5.41, 5.74) is 7.54. The Morgan fingerprint density at radius 1 is 1.12 bits per heavy atom. The van der Waals surface area contributed by atoms with E-state index in [9.17, 15) is 17.4 Å². The average Bonchev–Trinajstić information content (AvgIpc) is 2.54. The molecule has 0 aliphatic rings. The van der Waals surface area contributed by atoms with Gasteiger partial charge >= 0.3 is 6.18 Å². The van der Waals surface area contributed by atoms with E-state index in [1.165, 1.54) is 12.1 Å². The molecule has 25 heavy (non-hydrogen) atoms. The molecule has 2 atom stereocenters. The van der Waals surface area contributed by atoms with Gasteiger partial charge in [-0.3, -0.25) is 0 Å². The fourth-order valence-electron chi connectivity index (χ4n) is 2.05. The molecule has 2 aromatic rings. The van der Waals surface area contributed by atoms with Crippen LogP contribution < -0.4 is 16.2 Å². The van der Waals surface area contributed by atoms with E-state index in [-0.39, 0.29) is 5.70 Å². The van der Waals surface area contributed by atoms with Gasteiger partial charge in [0.25, 0.3) is 0 Å². The first kappa shape index (κ1) is 19.2. The van der Waals surface area contributed by atoms with E-state index in [0.29, 0.717) is 16.1 Å². The van der Waals surface area contributed by atoms with Crippen LogP contribution in [0.4, 0.5) is 18.9 Å². The summed E-state index contributed by atoms with van der Waals surface area (Å²) in [5.74, 6) is 0. The minimum Gasteiger partial charge on any atom is -0.355 e. The van der Waals surface area contributed by atoms with Gasteiger partial charge in [-0.15, -0.1) is 0 Å². The largest absolute Gasteiger partial charge is 0.407 e. The smallest absolute Gasteiger partial charge is 0.355 e. The normalized spacial score (nSPS) is 14.9. The van der Waals surface area contributed by atoms with Crippen molar-refractivity contribution in [3.8, 4) is 0 Å². The first-order chi connectivity index (χ1) is 11.7. The van der Waals surface area contributed by atoms with Crippen LogP contribution in [0.25, 0.3) is 5.70 Å². The Hall–Kier alpha value is -2.16. The predicted molar refractivity (Wildman–Crippen MR) is 93.8 cm³/mol. The lowest BCUT2D eigenvalue weighted by Crippen LogP contribution is -2.35. The zero-order valence-electron chi connectivity index (χ0n) is 13.4. The monoisotopic (exact) mass is 369 g/mol. The fourth-order valence-corrected chi connectivity index (χ4v) is 2.45. The third kappa shape index (κ3) is 5.42. The van der Waals surface area contributed by atoms with Gasteiger partial charge in [0.15, 0.2) is 0 Å². The molecule has 0 amide bonds. The van der Waals surface area contributed by atoms with Crippen LogP contribution in [-0.2, 0) is 11.0 Å². The summed E-state index contributed by atoms with van der Waals surface area (Å²) >= 11 is 0. The summed E-state index contributed by atoms with van der Waals surface area (Å²) < 4.78 is 49.7. The zero-order valence-corrected chi connectivity index (χ0v) is 14.2. The second-order valence-corrected chi connectivity index (χ2v) is 6.53. The van der Waals surface area contributed by atoms with Gasteiger partial charge in [0.1, 0.15) is 17.0 Å². The van der Waals surface area contributed by atoms with Crippen LogP contribution in [0.5, 0.6) is 0 Å². The highest BCUT2D eigenvalue weighted by molar-refractivity contribution is 7.82. The molecule has 0 spiro atoms. The quantitative estimate of drug-likeness (QED) is 0.756. The molecule has 0 fully saturated rings. The van der Waals surface area contributed by atoms with Gasteiger partial charge in [-0.05, 0) is 42.8 Å². The third-order valence-corrected chi connectivity index (χ3v) is 4.19. The number of anilines is 1. The molecule has 2 aromatic carbocycles. The van der Waals surface area contributed by atoms with E-state index in [1.54, 1.807) is 36.4 Å². The zero-order chi connectivity index (χ0) is 18.6. The molecule has 0 radical (unpaired) electrons. The Morgan fingerprint density at radius 3 is 2.16 bits per heavy atom. The molecule has 0 heterocycles. The molecule has 134 valence electrons. The van der Waals surface area contributed by atoms with Gasteiger partial charge in [-0.1, -0.05) is 29.8 Å². The number of halogens is 3. The summed E-state index contributed by atoms with van der Waals surface area (Å²) in [5, 5.41) is 8.21. The van der Waals surface area contributed by atoms with Crippen molar-refractivity contribution in [3.05, 3.63) is 65.7 Å². The Bertz CT molecular complexity index is 771. The van der Waals surface area contributed by atoms with Gasteiger partial charge in [0, 0.05) is 11.4 Å². The van der Waals surface area contributed by atoms with Gasteiger partial charge in [0.05, 0.1) is 4.90 Å². The molecule has 5 N–H and O–H groups in total. The number of hydrogen-bond donors (Lipinski definition) is 3. The van der Waals surface area contributed by atoms with E-state index in [2.05, 4.69) is 5.32 Å². The van der Waals surface area contributed by atoms with Crippen molar-refractivity contribution >= 4 is 22.4 Å². The molecule has 0 aromatic heterocycles. The van der Waals surface area contributed by atoms with E-state index >= 15 is 0 Å². The Morgan fingerprint density at radius 2 is 1.68 bits per heavy atom. The van der Waals surface area contributed by atoms with Crippen molar-refractivity contribution in [1.82, 2.24) is 0 Å². The van der Waals surface area contributed by atoms with Crippen LogP contribution >= 0.6 is 0 Å². The Balaban J connectivity index is 2.35. The number of aryl methyl sites for hydroxylation is 1. The SMILES string of the molecule is Cc1ccc(/C(=C/C(N)C(F)(F)F)Nc2ccc(S(N)=O)cc2)cc1. The molecule has 0 saturated carbocycles. The maximum absolute atomic E-state index is 12.8. The summed E-state index contributed by atoms with van der Waals surface area (Å²) in [4.78, 5) is 0.415. The molecule has 0 aliphatic carbocycles. The Kier molecular flexibility index (Phi) is 5.99. The van der Waals surface area contributed by atoms with E-state index < -0.39 is 23.2 Å². The van der Waals surface area contributed by atoms with Gasteiger partial charge in [-0.2, -0.15) is 13.2 Å². The van der Waals surface area contributed by atoms with Crippen molar-refractivity contribution < 1.29 is 17.4 Å². The first-order valence-electron chi connectivity index (χ1n) is 7.31. The van der Waals surface area contributed by atoms with Crippen molar-refractivity contribution in [3.63, 3.8) is 0 Å². The second-order valence-electron chi connectivity index (χ2n) is 5.46. The van der Waals surface area contributed by atoms with E-state index in [0.717, 1.165) is 11.6 Å². The van der Waals surface area contributed by atoms with Crippen LogP contribution in [0.1, 0.15) is 11.1 Å². The number of hydrogen-bond acceptors (Lipinski definition) is 3. The van der Waals surface area contributed by atoms with Crippen LogP contribution in [0, 0.1) is 6.92 Å². The molecule has 0 bridgehead atoms. The molecular weight excluding hydrogens is 351 g/mol. The topological polar surface area (TPSA) is 81.1 Å². The predicted octanol–water partition coefficient (Wildman–Crippen LogP) is 3.32. The standard InChI is InChI=1S/C17H18F3N3OS/c1-11-2-4-12(5-3-11)15(10-16(21)17(18,19)20)23-13-6-8-14(9-7-13)25(22)24/h2-10,16,23H,21-22H2,1H3/b15-10-. The number of benzene rings is 2. The summed E-state index contributed by atoms with van der Waals surface area (Å²) in [6, 6.07) is 11.1. The lowest BCUT2D eigenvalue weighted by atomic mass is 10.1. The highest BCUT2D eigenvalue weighted by atomic mass is 32.2. The average molecular weight is 369 g/mol. The molecular formula is C17H18F3N3OS. The van der Waals surface area contributed by atoms with Crippen LogP contribution in [0.15, 0.2) is 59.5 Å². The van der Waals surface area contributed by atoms with Crippen molar-refractivity contribution in [2.75, 3.05) is 5.32 Å². The van der Waals surface area contributed by atoms with Crippen LogP contribution in [-0.4, -0.2) is 16.4 Å². The highest BCUT2D eigenvalue weighted by Crippen LogP contribution is 2.25. The lowest BCUT2D eigenvalue weighted by molar-refractivity contribution is -0.136. The molecule has 4 nitrogen and oxygen atoms in total. The van der Waals surface area contributed by atoms with Crippen molar-refractivity contribution in [2.24, 2.45) is 10.9 Å². The number of rotatable bonds is 5. The van der Waals surface area contributed by atoms with Gasteiger partial charge < -0.3 is 11.1 Å². The lowest BCUT2D eigenvalue weighted by Gasteiger charge is -2.17. The number of nitrogens with two attached hydrogens (primary N) is 2. The minimum atomic E-state index is -4.54. The van der Waals surface area contributed by atoms with Gasteiger partial charge in [-0.25, -0.2) is 9.35 Å².